The minimum absolute atomic E-state index is 0.148. The summed E-state index contributed by atoms with van der Waals surface area (Å²) < 4.78 is 6.43. The lowest BCUT2D eigenvalue weighted by atomic mass is 9.99. The van der Waals surface area contributed by atoms with Crippen molar-refractivity contribution in [1.29, 1.82) is 0 Å². The van der Waals surface area contributed by atoms with Crippen LogP contribution >= 0.6 is 0 Å². The van der Waals surface area contributed by atoms with Gasteiger partial charge >= 0.3 is 6.03 Å². The van der Waals surface area contributed by atoms with Gasteiger partial charge in [-0.3, -0.25) is 14.9 Å². The maximum absolute atomic E-state index is 13.7. The third-order valence-corrected chi connectivity index (χ3v) is 7.72. The van der Waals surface area contributed by atoms with Gasteiger partial charge < -0.3 is 4.74 Å². The monoisotopic (exact) mass is 540 g/mol. The number of anilines is 1. The molecule has 0 saturated carbocycles. The van der Waals surface area contributed by atoms with Crippen LogP contribution in [0.3, 0.4) is 0 Å². The zero-order valence-corrected chi connectivity index (χ0v) is 23.0. The summed E-state index contributed by atoms with van der Waals surface area (Å²) in [6.07, 6.45) is 1.53. The van der Waals surface area contributed by atoms with Crippen LogP contribution in [0, 0.1) is 20.8 Å². The van der Waals surface area contributed by atoms with Gasteiger partial charge in [0.25, 0.3) is 11.8 Å². The molecule has 41 heavy (non-hydrogen) atoms. The summed E-state index contributed by atoms with van der Waals surface area (Å²) in [7, 11) is 0. The Bertz CT molecular complexity index is 1920. The fourth-order valence-electron chi connectivity index (χ4n) is 5.24. The average Bonchev–Trinajstić information content (AvgIpc) is 2.97. The van der Waals surface area contributed by atoms with Crippen LogP contribution in [0.1, 0.15) is 27.8 Å². The van der Waals surface area contributed by atoms with Gasteiger partial charge in [0.15, 0.2) is 0 Å². The molecule has 0 atom stereocenters. The number of fused-ring (bicyclic) bond motifs is 2. The number of aryl methyl sites for hydroxylation is 3. The van der Waals surface area contributed by atoms with Crippen molar-refractivity contribution in [2.75, 3.05) is 4.90 Å². The highest BCUT2D eigenvalue weighted by atomic mass is 16.5. The molecule has 0 spiro atoms. The van der Waals surface area contributed by atoms with E-state index in [4.69, 9.17) is 4.74 Å². The van der Waals surface area contributed by atoms with Gasteiger partial charge in [0.2, 0.25) is 0 Å². The summed E-state index contributed by atoms with van der Waals surface area (Å²) in [6, 6.07) is 28.4. The Labute approximate surface area is 237 Å². The normalized spacial score (nSPS) is 14.7. The molecule has 6 rings (SSSR count). The van der Waals surface area contributed by atoms with E-state index in [2.05, 4.69) is 36.5 Å². The van der Waals surface area contributed by atoms with Crippen LogP contribution in [-0.2, 0) is 16.2 Å². The maximum Gasteiger partial charge on any atom is 0.335 e. The molecule has 5 aromatic rings. The summed E-state index contributed by atoms with van der Waals surface area (Å²) >= 11 is 0. The Kier molecular flexibility index (Phi) is 6.59. The van der Waals surface area contributed by atoms with E-state index in [0.29, 0.717) is 23.6 Å². The van der Waals surface area contributed by atoms with E-state index >= 15 is 0 Å². The van der Waals surface area contributed by atoms with Crippen LogP contribution in [0.25, 0.3) is 27.6 Å². The molecular formula is C35H28N2O4. The molecule has 1 aliphatic heterocycles. The number of barbiturate groups is 1. The number of rotatable bonds is 5. The lowest BCUT2D eigenvalue weighted by molar-refractivity contribution is -0.122. The van der Waals surface area contributed by atoms with Crippen molar-refractivity contribution >= 4 is 51.2 Å². The van der Waals surface area contributed by atoms with Crippen LogP contribution in [0.2, 0.25) is 0 Å². The lowest BCUT2D eigenvalue weighted by Gasteiger charge is -2.27. The molecule has 0 aliphatic carbocycles. The summed E-state index contributed by atoms with van der Waals surface area (Å²) in [5.74, 6) is -0.909. The molecule has 0 bridgehead atoms. The first kappa shape index (κ1) is 26.0. The van der Waals surface area contributed by atoms with Crippen LogP contribution in [0.4, 0.5) is 10.5 Å². The number of imide groups is 2. The second-order valence-electron chi connectivity index (χ2n) is 10.3. The molecule has 0 unspecified atom stereocenters. The topological polar surface area (TPSA) is 75.7 Å². The highest BCUT2D eigenvalue weighted by Gasteiger charge is 2.37. The largest absolute Gasteiger partial charge is 0.488 e. The Hall–Kier alpha value is -5.23. The Morgan fingerprint density at radius 2 is 1.39 bits per heavy atom. The Balaban J connectivity index is 1.44. The van der Waals surface area contributed by atoms with Crippen molar-refractivity contribution < 1.29 is 19.1 Å². The van der Waals surface area contributed by atoms with Gasteiger partial charge in [-0.1, -0.05) is 72.8 Å². The van der Waals surface area contributed by atoms with Gasteiger partial charge in [-0.05, 0) is 83.3 Å². The molecule has 1 heterocycles. The van der Waals surface area contributed by atoms with E-state index < -0.39 is 17.8 Å². The van der Waals surface area contributed by atoms with E-state index in [1.54, 1.807) is 12.1 Å². The lowest BCUT2D eigenvalue weighted by Crippen LogP contribution is -2.54. The number of amides is 4. The minimum atomic E-state index is -0.777. The fourth-order valence-corrected chi connectivity index (χ4v) is 5.24. The molecule has 6 nitrogen and oxygen atoms in total. The van der Waals surface area contributed by atoms with Crippen molar-refractivity contribution in [1.82, 2.24) is 5.32 Å². The van der Waals surface area contributed by atoms with Crippen LogP contribution in [-0.4, -0.2) is 17.8 Å². The van der Waals surface area contributed by atoms with Gasteiger partial charge in [0.1, 0.15) is 17.9 Å². The molecule has 1 fully saturated rings. The maximum atomic E-state index is 13.7. The van der Waals surface area contributed by atoms with Crippen LogP contribution in [0.15, 0.2) is 96.6 Å². The first-order valence-electron chi connectivity index (χ1n) is 13.4. The average molecular weight is 541 g/mol. The molecule has 0 aromatic heterocycles. The van der Waals surface area contributed by atoms with Gasteiger partial charge in [-0.25, -0.2) is 9.69 Å². The second-order valence-corrected chi connectivity index (χ2v) is 10.3. The smallest absolute Gasteiger partial charge is 0.335 e. The highest BCUT2D eigenvalue weighted by Crippen LogP contribution is 2.33. The van der Waals surface area contributed by atoms with Crippen molar-refractivity contribution in [2.24, 2.45) is 0 Å². The van der Waals surface area contributed by atoms with E-state index in [9.17, 15) is 14.4 Å². The second kappa shape index (κ2) is 10.4. The standard InChI is InChI=1S/C35H28N2O4/c1-21-13-16-26(18-23(21)3)37-34(39)30(33(38)36-35(37)40)19-29-27-10-6-4-9-25(27)15-17-32(29)41-20-31-22(2)12-14-24-8-5-7-11-28(24)31/h4-19H,20H2,1-3H3,(H,36,38,40)/b30-19+. The first-order chi connectivity index (χ1) is 19.8. The predicted molar refractivity (Wildman–Crippen MR) is 162 cm³/mol. The molecule has 1 saturated heterocycles. The van der Waals surface area contributed by atoms with E-state index in [-0.39, 0.29) is 5.57 Å². The molecule has 1 aliphatic rings. The van der Waals surface area contributed by atoms with Gasteiger partial charge in [0, 0.05) is 11.1 Å². The summed E-state index contributed by atoms with van der Waals surface area (Å²) in [5, 5.41) is 6.32. The number of benzene rings is 5. The van der Waals surface area contributed by atoms with E-state index in [0.717, 1.165) is 48.7 Å². The number of ether oxygens (including phenoxy) is 1. The zero-order chi connectivity index (χ0) is 28.7. The highest BCUT2D eigenvalue weighted by molar-refractivity contribution is 6.39. The third kappa shape index (κ3) is 4.74. The number of hydrogen-bond donors (Lipinski definition) is 1. The van der Waals surface area contributed by atoms with Gasteiger partial charge in [-0.15, -0.1) is 0 Å². The number of urea groups is 1. The van der Waals surface area contributed by atoms with E-state index in [1.165, 1.54) is 6.08 Å². The molecule has 4 amide bonds. The first-order valence-corrected chi connectivity index (χ1v) is 13.4. The van der Waals surface area contributed by atoms with Crippen molar-refractivity contribution in [3.05, 3.63) is 124 Å². The summed E-state index contributed by atoms with van der Waals surface area (Å²) in [6.45, 7) is 6.21. The van der Waals surface area contributed by atoms with E-state index in [1.807, 2.05) is 68.4 Å². The SMILES string of the molecule is Cc1ccc(N2C(=O)NC(=O)/C(=C\c3c(OCc4c(C)ccc5ccccc45)ccc4ccccc34)C2=O)cc1C. The number of hydrogen-bond acceptors (Lipinski definition) is 4. The summed E-state index contributed by atoms with van der Waals surface area (Å²) in [5.41, 5.74) is 4.97. The fraction of sp³-hybridized carbons (Fsp3) is 0.114. The molecule has 6 heteroatoms. The molecule has 5 aromatic carbocycles. The third-order valence-electron chi connectivity index (χ3n) is 7.72. The molecular weight excluding hydrogens is 512 g/mol. The van der Waals surface area contributed by atoms with Crippen molar-refractivity contribution in [2.45, 2.75) is 27.4 Å². The predicted octanol–water partition coefficient (Wildman–Crippen LogP) is 7.16. The Morgan fingerprint density at radius 1 is 0.732 bits per heavy atom. The Morgan fingerprint density at radius 3 is 2.15 bits per heavy atom. The zero-order valence-electron chi connectivity index (χ0n) is 23.0. The number of nitrogens with zero attached hydrogens (tertiary/aromatic N) is 1. The molecule has 1 N–H and O–H groups in total. The molecule has 0 radical (unpaired) electrons. The van der Waals surface area contributed by atoms with Crippen molar-refractivity contribution in [3.8, 4) is 5.75 Å². The number of nitrogens with one attached hydrogen (secondary N) is 1. The quantitative estimate of drug-likeness (QED) is 0.190. The van der Waals surface area contributed by atoms with Crippen LogP contribution in [0.5, 0.6) is 5.75 Å². The minimum Gasteiger partial charge on any atom is -0.488 e. The van der Waals surface area contributed by atoms with Crippen molar-refractivity contribution in [3.63, 3.8) is 0 Å². The number of carbonyl (C=O) groups excluding carboxylic acids is 3. The van der Waals surface area contributed by atoms with Gasteiger partial charge in [-0.2, -0.15) is 0 Å². The van der Waals surface area contributed by atoms with Crippen LogP contribution < -0.4 is 15.0 Å². The van der Waals surface area contributed by atoms with Gasteiger partial charge in [0.05, 0.1) is 5.69 Å². The number of carbonyl (C=O) groups is 3. The molecule has 202 valence electrons. The summed E-state index contributed by atoms with van der Waals surface area (Å²) in [4.78, 5) is 40.6.